The molecule has 0 spiro atoms. The van der Waals surface area contributed by atoms with E-state index in [1.807, 2.05) is 6.20 Å². The second kappa shape index (κ2) is 4.42. The maximum absolute atomic E-state index is 4.34. The molecule has 1 heterocycles. The van der Waals surface area contributed by atoms with Gasteiger partial charge >= 0.3 is 0 Å². The number of para-hydroxylation sites is 1. The smallest absolute Gasteiger partial charge is 0.143 e. The van der Waals surface area contributed by atoms with Crippen molar-refractivity contribution in [2.45, 2.75) is 13.8 Å². The van der Waals surface area contributed by atoms with Crippen LogP contribution >= 0.6 is 0 Å². The molecular weight excluding hydrogens is 208 g/mol. The topological polar surface area (TPSA) is 17.8 Å². The minimum atomic E-state index is 0.831. The van der Waals surface area contributed by atoms with E-state index in [1.165, 1.54) is 16.8 Å². The van der Waals surface area contributed by atoms with Gasteiger partial charge in [0.05, 0.1) is 5.69 Å². The Morgan fingerprint density at radius 2 is 1.94 bits per heavy atom. The average molecular weight is 224 g/mol. The Morgan fingerprint density at radius 1 is 1.29 bits per heavy atom. The van der Waals surface area contributed by atoms with Crippen LogP contribution in [-0.2, 0) is 0 Å². The van der Waals surface area contributed by atoms with Gasteiger partial charge in [-0.1, -0.05) is 37.4 Å². The summed E-state index contributed by atoms with van der Waals surface area (Å²) in [5, 5.41) is 0. The quantitative estimate of drug-likeness (QED) is 0.727. The molecule has 17 heavy (non-hydrogen) atoms. The number of rotatable bonds is 3. The van der Waals surface area contributed by atoms with Crippen LogP contribution in [0.15, 0.2) is 49.8 Å². The molecule has 0 saturated heterocycles. The predicted octanol–water partition coefficient (Wildman–Crippen LogP) is 3.69. The van der Waals surface area contributed by atoms with Gasteiger partial charge in [-0.15, -0.1) is 0 Å². The lowest BCUT2D eigenvalue weighted by molar-refractivity contribution is 0.998. The van der Waals surface area contributed by atoms with Crippen LogP contribution in [0.2, 0.25) is 0 Å². The summed E-state index contributed by atoms with van der Waals surface area (Å²) in [6.07, 6.45) is 5.47. The van der Waals surface area contributed by atoms with Crippen molar-refractivity contribution in [2.24, 2.45) is 0 Å². The van der Waals surface area contributed by atoms with Gasteiger partial charge in [-0.05, 0) is 25.0 Å². The van der Waals surface area contributed by atoms with Crippen molar-refractivity contribution >= 4 is 5.57 Å². The molecule has 86 valence electrons. The molecule has 0 amide bonds. The molecule has 0 aliphatic rings. The monoisotopic (exact) mass is 224 g/mol. The van der Waals surface area contributed by atoms with Crippen molar-refractivity contribution < 1.29 is 0 Å². The lowest BCUT2D eigenvalue weighted by atomic mass is 10.1. The summed E-state index contributed by atoms with van der Waals surface area (Å²) in [6, 6.07) is 6.26. The Balaban J connectivity index is 2.65. The molecule has 0 N–H and O–H groups in total. The van der Waals surface area contributed by atoms with Gasteiger partial charge in [0.25, 0.3) is 0 Å². The minimum Gasteiger partial charge on any atom is -0.299 e. The fraction of sp³-hybridized carbons (Fsp3) is 0.133. The Labute approximate surface area is 102 Å². The van der Waals surface area contributed by atoms with Gasteiger partial charge in [0.1, 0.15) is 5.82 Å². The lowest BCUT2D eigenvalue weighted by Gasteiger charge is -2.13. The van der Waals surface area contributed by atoms with E-state index >= 15 is 0 Å². The zero-order valence-corrected chi connectivity index (χ0v) is 10.3. The first-order valence-electron chi connectivity index (χ1n) is 5.57. The van der Waals surface area contributed by atoms with Crippen molar-refractivity contribution in [1.29, 1.82) is 0 Å². The van der Waals surface area contributed by atoms with Crippen molar-refractivity contribution in [3.05, 3.63) is 66.8 Å². The highest BCUT2D eigenvalue weighted by molar-refractivity contribution is 5.68. The van der Waals surface area contributed by atoms with Crippen LogP contribution in [0.3, 0.4) is 0 Å². The van der Waals surface area contributed by atoms with Crippen LogP contribution in [0.25, 0.3) is 11.3 Å². The number of benzene rings is 1. The standard InChI is InChI=1S/C15H16N2/c1-5-11(2)15-16-9-10-17(15)14-12(3)7-6-8-13(14)4/h5-10H,1-2H2,3-4H3. The van der Waals surface area contributed by atoms with E-state index in [1.54, 1.807) is 12.3 Å². The van der Waals surface area contributed by atoms with Crippen molar-refractivity contribution in [1.82, 2.24) is 9.55 Å². The zero-order chi connectivity index (χ0) is 12.4. The fourth-order valence-corrected chi connectivity index (χ4v) is 2.00. The molecule has 0 bridgehead atoms. The first-order valence-corrected chi connectivity index (χ1v) is 5.57. The summed E-state index contributed by atoms with van der Waals surface area (Å²) in [6.45, 7) is 11.9. The third-order valence-electron chi connectivity index (χ3n) is 2.85. The molecule has 2 heteroatoms. The second-order valence-electron chi connectivity index (χ2n) is 4.09. The fourth-order valence-electron chi connectivity index (χ4n) is 2.00. The van der Waals surface area contributed by atoms with Crippen LogP contribution in [0.5, 0.6) is 0 Å². The van der Waals surface area contributed by atoms with E-state index < -0.39 is 0 Å². The molecule has 0 saturated carbocycles. The molecular formula is C15H16N2. The maximum atomic E-state index is 4.34. The normalized spacial score (nSPS) is 10.2. The first kappa shape index (κ1) is 11.4. The second-order valence-corrected chi connectivity index (χ2v) is 4.09. The minimum absolute atomic E-state index is 0.831. The number of allylic oxidation sites excluding steroid dienone is 2. The molecule has 0 radical (unpaired) electrons. The SMILES string of the molecule is C=CC(=C)c1nccn1-c1c(C)cccc1C. The van der Waals surface area contributed by atoms with E-state index in [0.29, 0.717) is 0 Å². The molecule has 2 aromatic rings. The third-order valence-corrected chi connectivity index (χ3v) is 2.85. The molecule has 2 nitrogen and oxygen atoms in total. The number of nitrogens with zero attached hydrogens (tertiary/aromatic N) is 2. The van der Waals surface area contributed by atoms with Gasteiger partial charge in [0.15, 0.2) is 0 Å². The van der Waals surface area contributed by atoms with E-state index in [0.717, 1.165) is 11.4 Å². The Hall–Kier alpha value is -2.09. The number of aromatic nitrogens is 2. The zero-order valence-electron chi connectivity index (χ0n) is 10.3. The highest BCUT2D eigenvalue weighted by Crippen LogP contribution is 2.23. The van der Waals surface area contributed by atoms with Gasteiger partial charge in [-0.3, -0.25) is 4.57 Å². The molecule has 0 unspecified atom stereocenters. The predicted molar refractivity (Wildman–Crippen MR) is 72.3 cm³/mol. The van der Waals surface area contributed by atoms with Gasteiger partial charge in [-0.25, -0.2) is 4.98 Å². The molecule has 0 aliphatic heterocycles. The van der Waals surface area contributed by atoms with Crippen LogP contribution in [0, 0.1) is 13.8 Å². The molecule has 0 aliphatic carbocycles. The van der Waals surface area contributed by atoms with Gasteiger partial charge in [0, 0.05) is 18.0 Å². The van der Waals surface area contributed by atoms with Gasteiger partial charge < -0.3 is 0 Å². The summed E-state index contributed by atoms with van der Waals surface area (Å²) in [4.78, 5) is 4.34. The van der Waals surface area contributed by atoms with Crippen molar-refractivity contribution in [3.8, 4) is 5.69 Å². The molecule has 1 aromatic carbocycles. The summed E-state index contributed by atoms with van der Waals surface area (Å²) >= 11 is 0. The lowest BCUT2D eigenvalue weighted by Crippen LogP contribution is -2.02. The summed E-state index contributed by atoms with van der Waals surface area (Å²) in [7, 11) is 0. The Kier molecular flexibility index (Phi) is 2.96. The first-order chi connectivity index (χ1) is 8.15. The number of aryl methyl sites for hydroxylation is 2. The van der Waals surface area contributed by atoms with Crippen molar-refractivity contribution in [3.63, 3.8) is 0 Å². The summed E-state index contributed by atoms with van der Waals surface area (Å²) < 4.78 is 2.06. The van der Waals surface area contributed by atoms with E-state index in [-0.39, 0.29) is 0 Å². The highest BCUT2D eigenvalue weighted by atomic mass is 15.1. The molecule has 2 rings (SSSR count). The summed E-state index contributed by atoms with van der Waals surface area (Å²) in [5.41, 5.74) is 4.45. The third kappa shape index (κ3) is 1.94. The van der Waals surface area contributed by atoms with E-state index in [9.17, 15) is 0 Å². The number of hydrogen-bond acceptors (Lipinski definition) is 1. The van der Waals surface area contributed by atoms with Crippen molar-refractivity contribution in [2.75, 3.05) is 0 Å². The molecule has 0 fully saturated rings. The van der Waals surface area contributed by atoms with E-state index in [2.05, 4.69) is 54.8 Å². The van der Waals surface area contributed by atoms with E-state index in [4.69, 9.17) is 0 Å². The Morgan fingerprint density at radius 3 is 2.53 bits per heavy atom. The number of imidazole rings is 1. The number of hydrogen-bond donors (Lipinski definition) is 0. The van der Waals surface area contributed by atoms with Crippen LogP contribution in [0.1, 0.15) is 17.0 Å². The highest BCUT2D eigenvalue weighted by Gasteiger charge is 2.10. The Bertz CT molecular complexity index is 556. The summed E-state index contributed by atoms with van der Waals surface area (Å²) in [5.74, 6) is 0.845. The van der Waals surface area contributed by atoms with Crippen LogP contribution < -0.4 is 0 Å². The van der Waals surface area contributed by atoms with Crippen LogP contribution in [-0.4, -0.2) is 9.55 Å². The largest absolute Gasteiger partial charge is 0.299 e. The van der Waals surface area contributed by atoms with Crippen LogP contribution in [0.4, 0.5) is 0 Å². The maximum Gasteiger partial charge on any atom is 0.143 e. The van der Waals surface area contributed by atoms with Gasteiger partial charge in [-0.2, -0.15) is 0 Å². The molecule has 1 aromatic heterocycles. The average Bonchev–Trinajstić information content (AvgIpc) is 2.77. The molecule has 0 atom stereocenters. The van der Waals surface area contributed by atoms with Gasteiger partial charge in [0.2, 0.25) is 0 Å².